The highest BCUT2D eigenvalue weighted by Crippen LogP contribution is 2.21. The summed E-state index contributed by atoms with van der Waals surface area (Å²) in [4.78, 5) is 4.40. The van der Waals surface area contributed by atoms with Crippen LogP contribution in [0, 0.1) is 0 Å². The van der Waals surface area contributed by atoms with Crippen molar-refractivity contribution in [1.82, 2.24) is 19.9 Å². The minimum atomic E-state index is 0.631. The highest BCUT2D eigenvalue weighted by molar-refractivity contribution is 5.89. The number of benzene rings is 1. The number of allylic oxidation sites excluding steroid dienone is 1. The van der Waals surface area contributed by atoms with Gasteiger partial charge in [0.1, 0.15) is 5.69 Å². The van der Waals surface area contributed by atoms with Crippen LogP contribution in [0.2, 0.25) is 0 Å². The maximum Gasteiger partial charge on any atom is 0.226 e. The van der Waals surface area contributed by atoms with Crippen molar-refractivity contribution in [3.8, 4) is 11.4 Å². The first-order chi connectivity index (χ1) is 12.7. The van der Waals surface area contributed by atoms with Crippen molar-refractivity contribution in [2.75, 3.05) is 5.01 Å². The lowest BCUT2D eigenvalue weighted by atomic mass is 10.0. The predicted molar refractivity (Wildman–Crippen MR) is 99.7 cm³/mol. The molecule has 4 rings (SSSR count). The summed E-state index contributed by atoms with van der Waals surface area (Å²) in [6.07, 6.45) is 10.2. The molecule has 26 heavy (non-hydrogen) atoms. The van der Waals surface area contributed by atoms with Gasteiger partial charge in [0.2, 0.25) is 11.7 Å². The molecule has 1 aliphatic heterocycles. The monoisotopic (exact) mass is 348 g/mol. The van der Waals surface area contributed by atoms with E-state index in [1.165, 1.54) is 5.56 Å². The molecule has 7 nitrogen and oxygen atoms in total. The van der Waals surface area contributed by atoms with Crippen molar-refractivity contribution < 1.29 is 4.52 Å². The summed E-state index contributed by atoms with van der Waals surface area (Å²) in [7, 11) is 1.90. The lowest BCUT2D eigenvalue weighted by Gasteiger charge is -2.18. The number of nitrogens with zero attached hydrogens (tertiary/aromatic N) is 6. The van der Waals surface area contributed by atoms with Crippen LogP contribution in [0.1, 0.15) is 24.8 Å². The largest absolute Gasteiger partial charge is 0.339 e. The van der Waals surface area contributed by atoms with E-state index in [1.807, 2.05) is 43.5 Å². The fraction of sp³-hybridized carbons (Fsp3) is 0.263. The van der Waals surface area contributed by atoms with E-state index < -0.39 is 0 Å². The van der Waals surface area contributed by atoms with Crippen LogP contribution < -0.4 is 5.01 Å². The van der Waals surface area contributed by atoms with Gasteiger partial charge in [0.05, 0.1) is 12.4 Å². The van der Waals surface area contributed by atoms with E-state index in [2.05, 4.69) is 33.4 Å². The lowest BCUT2D eigenvalue weighted by Crippen LogP contribution is -2.17. The second-order valence-electron chi connectivity index (χ2n) is 6.21. The van der Waals surface area contributed by atoms with Crippen LogP contribution in [-0.2, 0) is 19.9 Å². The molecular formula is C19H20N6O. The Morgan fingerprint density at radius 2 is 2.19 bits per heavy atom. The molecule has 0 radical (unpaired) electrons. The fourth-order valence-corrected chi connectivity index (χ4v) is 2.86. The number of hydrogen-bond acceptors (Lipinski definition) is 6. The van der Waals surface area contributed by atoms with Gasteiger partial charge >= 0.3 is 0 Å². The third kappa shape index (κ3) is 3.42. The minimum Gasteiger partial charge on any atom is -0.339 e. The summed E-state index contributed by atoms with van der Waals surface area (Å²) < 4.78 is 6.98. The molecule has 0 atom stereocenters. The van der Waals surface area contributed by atoms with Crippen molar-refractivity contribution >= 4 is 11.4 Å². The maximum atomic E-state index is 5.21. The van der Waals surface area contributed by atoms with Crippen LogP contribution in [0.3, 0.4) is 0 Å². The third-order valence-corrected chi connectivity index (χ3v) is 4.17. The smallest absolute Gasteiger partial charge is 0.226 e. The standard InChI is InChI=1S/C19H20N6O/c1-3-18-21-19(23-26-18)15-7-4-6-14(10-15)11-16-8-5-9-25(22-16)17-12-20-24(2)13-17/h4-7,9-10,12-13H,3,8,11H2,1-2H3. The Balaban J connectivity index is 1.53. The average Bonchev–Trinajstić information content (AvgIpc) is 3.31. The molecule has 0 amide bonds. The number of rotatable bonds is 5. The van der Waals surface area contributed by atoms with Gasteiger partial charge in [-0.2, -0.15) is 15.2 Å². The molecule has 0 unspecified atom stereocenters. The summed E-state index contributed by atoms with van der Waals surface area (Å²) >= 11 is 0. The number of aryl methyl sites for hydroxylation is 2. The molecule has 3 aromatic rings. The zero-order chi connectivity index (χ0) is 17.9. The molecule has 132 valence electrons. The molecule has 0 saturated carbocycles. The Hall–Kier alpha value is -3.22. The van der Waals surface area contributed by atoms with E-state index in [4.69, 9.17) is 9.62 Å². The van der Waals surface area contributed by atoms with Crippen LogP contribution >= 0.6 is 0 Å². The van der Waals surface area contributed by atoms with Crippen molar-refractivity contribution in [2.45, 2.75) is 26.2 Å². The third-order valence-electron chi connectivity index (χ3n) is 4.17. The van der Waals surface area contributed by atoms with Gasteiger partial charge in [-0.1, -0.05) is 36.4 Å². The van der Waals surface area contributed by atoms with E-state index in [1.54, 1.807) is 10.9 Å². The molecule has 0 spiro atoms. The van der Waals surface area contributed by atoms with Crippen molar-refractivity contribution in [3.05, 3.63) is 60.4 Å². The number of hydrogen-bond donors (Lipinski definition) is 0. The van der Waals surface area contributed by atoms with Crippen LogP contribution in [-0.4, -0.2) is 25.6 Å². The van der Waals surface area contributed by atoms with E-state index in [0.717, 1.165) is 36.2 Å². The Morgan fingerprint density at radius 1 is 1.27 bits per heavy atom. The molecule has 1 aromatic carbocycles. The van der Waals surface area contributed by atoms with E-state index in [9.17, 15) is 0 Å². The zero-order valence-electron chi connectivity index (χ0n) is 14.8. The fourth-order valence-electron chi connectivity index (χ4n) is 2.86. The molecule has 0 N–H and O–H groups in total. The summed E-state index contributed by atoms with van der Waals surface area (Å²) in [5.74, 6) is 1.28. The van der Waals surface area contributed by atoms with Crippen LogP contribution in [0.5, 0.6) is 0 Å². The number of anilines is 1. The van der Waals surface area contributed by atoms with Gasteiger partial charge in [-0.05, 0) is 11.6 Å². The van der Waals surface area contributed by atoms with Gasteiger partial charge in [-0.3, -0.25) is 4.68 Å². The maximum absolute atomic E-state index is 5.21. The second kappa shape index (κ2) is 6.95. The Kier molecular flexibility index (Phi) is 4.35. The van der Waals surface area contributed by atoms with Gasteiger partial charge < -0.3 is 4.52 Å². The first kappa shape index (κ1) is 16.3. The van der Waals surface area contributed by atoms with Crippen molar-refractivity contribution in [3.63, 3.8) is 0 Å². The van der Waals surface area contributed by atoms with Gasteiger partial charge in [0, 0.05) is 43.8 Å². The van der Waals surface area contributed by atoms with Crippen molar-refractivity contribution in [2.24, 2.45) is 12.1 Å². The van der Waals surface area contributed by atoms with Crippen LogP contribution in [0.25, 0.3) is 11.4 Å². The Bertz CT molecular complexity index is 968. The van der Waals surface area contributed by atoms with Gasteiger partial charge in [0.25, 0.3) is 0 Å². The summed E-state index contributed by atoms with van der Waals surface area (Å²) in [6, 6.07) is 8.21. The molecule has 1 aliphatic rings. The molecular weight excluding hydrogens is 328 g/mol. The second-order valence-corrected chi connectivity index (χ2v) is 6.21. The molecule has 0 aliphatic carbocycles. The van der Waals surface area contributed by atoms with Gasteiger partial charge in [-0.15, -0.1) is 0 Å². The van der Waals surface area contributed by atoms with E-state index in [-0.39, 0.29) is 0 Å². The van der Waals surface area contributed by atoms with Crippen LogP contribution in [0.15, 0.2) is 58.6 Å². The lowest BCUT2D eigenvalue weighted by molar-refractivity contribution is 0.383. The Morgan fingerprint density at radius 3 is 2.96 bits per heavy atom. The summed E-state index contributed by atoms with van der Waals surface area (Å²) in [5.41, 5.74) is 4.18. The Labute approximate surface area is 151 Å². The minimum absolute atomic E-state index is 0.631. The van der Waals surface area contributed by atoms with E-state index in [0.29, 0.717) is 11.7 Å². The predicted octanol–water partition coefficient (Wildman–Crippen LogP) is 3.36. The number of aromatic nitrogens is 4. The van der Waals surface area contributed by atoms with E-state index >= 15 is 0 Å². The normalized spacial score (nSPS) is 13.9. The van der Waals surface area contributed by atoms with Crippen LogP contribution in [0.4, 0.5) is 5.69 Å². The quantitative estimate of drug-likeness (QED) is 0.707. The SMILES string of the molecule is CCc1nc(-c2cccc(CC3=NN(c4cnn(C)c4)C=CC3)c2)no1. The summed E-state index contributed by atoms with van der Waals surface area (Å²) in [6.45, 7) is 2.00. The molecule has 7 heteroatoms. The van der Waals surface area contributed by atoms with Crippen molar-refractivity contribution in [1.29, 1.82) is 0 Å². The topological polar surface area (TPSA) is 72.3 Å². The molecule has 0 fully saturated rings. The van der Waals surface area contributed by atoms with Gasteiger partial charge in [-0.25, -0.2) is 5.01 Å². The molecule has 2 aromatic heterocycles. The average molecular weight is 348 g/mol. The highest BCUT2D eigenvalue weighted by atomic mass is 16.5. The molecule has 3 heterocycles. The zero-order valence-corrected chi connectivity index (χ0v) is 14.8. The van der Waals surface area contributed by atoms with Gasteiger partial charge in [0.15, 0.2) is 0 Å². The summed E-state index contributed by atoms with van der Waals surface area (Å²) in [5, 5.41) is 14.9. The molecule has 0 bridgehead atoms. The number of hydrazone groups is 1. The molecule has 0 saturated heterocycles. The first-order valence-electron chi connectivity index (χ1n) is 8.64. The highest BCUT2D eigenvalue weighted by Gasteiger charge is 2.13. The first-order valence-corrected chi connectivity index (χ1v) is 8.64.